The molecule has 2 nitrogen and oxygen atoms in total. The van der Waals surface area contributed by atoms with Gasteiger partial charge >= 0.3 is 0 Å². The molecule has 0 amide bonds. The number of rotatable bonds is 4. The number of methoxy groups -OCH3 is 1. The van der Waals surface area contributed by atoms with Crippen LogP contribution in [0.5, 0.6) is 0 Å². The van der Waals surface area contributed by atoms with Crippen LogP contribution in [0.4, 0.5) is 0 Å². The lowest BCUT2D eigenvalue weighted by atomic mass is 9.93. The molecule has 2 heteroatoms. The fraction of sp³-hybridized carbons (Fsp3) is 1.00. The highest BCUT2D eigenvalue weighted by molar-refractivity contribution is 4.82. The number of ether oxygens (including phenoxy) is 1. The lowest BCUT2D eigenvalue weighted by Crippen LogP contribution is -2.48. The van der Waals surface area contributed by atoms with Crippen molar-refractivity contribution in [3.05, 3.63) is 0 Å². The molecular formula is C12H27NO. The van der Waals surface area contributed by atoms with Crippen LogP contribution in [0.1, 0.15) is 41.5 Å². The predicted molar refractivity (Wildman–Crippen MR) is 62.6 cm³/mol. The van der Waals surface area contributed by atoms with Gasteiger partial charge in [-0.2, -0.15) is 0 Å². The summed E-state index contributed by atoms with van der Waals surface area (Å²) in [5.74, 6) is 0.546. The Morgan fingerprint density at radius 2 is 1.50 bits per heavy atom. The summed E-state index contributed by atoms with van der Waals surface area (Å²) in [7, 11) is 3.97. The van der Waals surface area contributed by atoms with Crippen LogP contribution in [-0.4, -0.2) is 36.7 Å². The van der Waals surface area contributed by atoms with E-state index in [2.05, 4.69) is 53.5 Å². The minimum Gasteiger partial charge on any atom is -0.381 e. The van der Waals surface area contributed by atoms with Gasteiger partial charge in [-0.15, -0.1) is 0 Å². The highest BCUT2D eigenvalue weighted by Crippen LogP contribution is 2.22. The lowest BCUT2D eigenvalue weighted by Gasteiger charge is -2.41. The number of hydrogen-bond acceptors (Lipinski definition) is 2. The fourth-order valence-electron chi connectivity index (χ4n) is 1.57. The van der Waals surface area contributed by atoms with Gasteiger partial charge in [-0.3, -0.25) is 4.90 Å². The molecule has 0 N–H and O–H groups in total. The third kappa shape index (κ3) is 3.58. The van der Waals surface area contributed by atoms with Crippen LogP contribution in [0.2, 0.25) is 0 Å². The Bertz CT molecular complexity index is 162. The van der Waals surface area contributed by atoms with Gasteiger partial charge in [0.2, 0.25) is 0 Å². The van der Waals surface area contributed by atoms with Gasteiger partial charge in [0.1, 0.15) is 0 Å². The third-order valence-corrected chi connectivity index (χ3v) is 3.54. The van der Waals surface area contributed by atoms with Crippen LogP contribution in [0, 0.1) is 5.92 Å². The summed E-state index contributed by atoms with van der Waals surface area (Å²) >= 11 is 0. The van der Waals surface area contributed by atoms with Crippen LogP contribution in [0.3, 0.4) is 0 Å². The average molecular weight is 201 g/mol. The molecule has 0 aliphatic carbocycles. The molecule has 0 aliphatic heterocycles. The van der Waals surface area contributed by atoms with Crippen molar-refractivity contribution >= 4 is 0 Å². The van der Waals surface area contributed by atoms with Crippen molar-refractivity contribution in [2.45, 2.75) is 59.2 Å². The second-order valence-electron chi connectivity index (χ2n) is 5.32. The van der Waals surface area contributed by atoms with Crippen molar-refractivity contribution in [1.29, 1.82) is 0 Å². The Balaban J connectivity index is 4.38. The van der Waals surface area contributed by atoms with E-state index in [1.54, 1.807) is 7.11 Å². The van der Waals surface area contributed by atoms with E-state index in [4.69, 9.17) is 4.74 Å². The van der Waals surface area contributed by atoms with E-state index in [9.17, 15) is 0 Å². The zero-order valence-corrected chi connectivity index (χ0v) is 11.1. The summed E-state index contributed by atoms with van der Waals surface area (Å²) in [6.07, 6.45) is 0.315. The molecule has 0 saturated heterocycles. The maximum absolute atomic E-state index is 5.37. The first-order valence-electron chi connectivity index (χ1n) is 5.47. The van der Waals surface area contributed by atoms with Crippen molar-refractivity contribution in [1.82, 2.24) is 4.90 Å². The van der Waals surface area contributed by atoms with Crippen molar-refractivity contribution in [3.8, 4) is 0 Å². The summed E-state index contributed by atoms with van der Waals surface area (Å²) in [6, 6.07) is 0.532. The van der Waals surface area contributed by atoms with Crippen molar-refractivity contribution in [2.24, 2.45) is 5.92 Å². The zero-order valence-electron chi connectivity index (χ0n) is 11.1. The SMILES string of the molecule is COC(C)C(C)C(C)N(C)C(C)(C)C. The number of nitrogens with zero attached hydrogens (tertiary/aromatic N) is 1. The van der Waals surface area contributed by atoms with E-state index < -0.39 is 0 Å². The summed E-state index contributed by atoms with van der Waals surface area (Å²) in [5.41, 5.74) is 0.223. The van der Waals surface area contributed by atoms with E-state index in [1.165, 1.54) is 0 Å². The summed E-state index contributed by atoms with van der Waals surface area (Å²) in [4.78, 5) is 2.41. The maximum atomic E-state index is 5.37. The van der Waals surface area contributed by atoms with Gasteiger partial charge in [0.15, 0.2) is 0 Å². The van der Waals surface area contributed by atoms with Crippen LogP contribution in [0.15, 0.2) is 0 Å². The molecule has 86 valence electrons. The van der Waals surface area contributed by atoms with Gasteiger partial charge in [0.25, 0.3) is 0 Å². The van der Waals surface area contributed by atoms with Gasteiger partial charge in [-0.1, -0.05) is 6.92 Å². The Hall–Kier alpha value is -0.0800. The van der Waals surface area contributed by atoms with E-state index in [-0.39, 0.29) is 5.54 Å². The first-order valence-corrected chi connectivity index (χ1v) is 5.47. The number of hydrogen-bond donors (Lipinski definition) is 0. The van der Waals surface area contributed by atoms with Crippen molar-refractivity contribution in [2.75, 3.05) is 14.2 Å². The topological polar surface area (TPSA) is 12.5 Å². The quantitative estimate of drug-likeness (QED) is 0.693. The molecular weight excluding hydrogens is 174 g/mol. The molecule has 0 rings (SSSR count). The van der Waals surface area contributed by atoms with Crippen LogP contribution < -0.4 is 0 Å². The van der Waals surface area contributed by atoms with E-state index in [1.807, 2.05) is 0 Å². The summed E-state index contributed by atoms with van der Waals surface area (Å²) in [6.45, 7) is 13.4. The van der Waals surface area contributed by atoms with Crippen molar-refractivity contribution < 1.29 is 4.74 Å². The largest absolute Gasteiger partial charge is 0.381 e. The molecule has 0 aromatic carbocycles. The van der Waals surface area contributed by atoms with Crippen LogP contribution >= 0.6 is 0 Å². The van der Waals surface area contributed by atoms with E-state index >= 15 is 0 Å². The van der Waals surface area contributed by atoms with Gasteiger partial charge in [0, 0.05) is 18.7 Å². The first-order chi connectivity index (χ1) is 6.21. The lowest BCUT2D eigenvalue weighted by molar-refractivity contribution is 0.0111. The van der Waals surface area contributed by atoms with Gasteiger partial charge in [-0.25, -0.2) is 0 Å². The standard InChI is InChI=1S/C12H27NO/c1-9(11(3)14-8)10(2)13(7)12(4,5)6/h9-11H,1-8H3. The third-order valence-electron chi connectivity index (χ3n) is 3.54. The molecule has 0 fully saturated rings. The molecule has 0 aliphatic rings. The second kappa shape index (κ2) is 5.13. The van der Waals surface area contributed by atoms with Gasteiger partial charge in [-0.05, 0) is 47.6 Å². The molecule has 0 spiro atoms. The molecule has 0 radical (unpaired) electrons. The highest BCUT2D eigenvalue weighted by atomic mass is 16.5. The molecule has 0 heterocycles. The molecule has 0 saturated carbocycles. The Morgan fingerprint density at radius 1 is 1.07 bits per heavy atom. The van der Waals surface area contributed by atoms with Crippen LogP contribution in [0.25, 0.3) is 0 Å². The molecule has 0 aromatic rings. The zero-order chi connectivity index (χ0) is 11.5. The molecule has 3 unspecified atom stereocenters. The smallest absolute Gasteiger partial charge is 0.0583 e. The second-order valence-corrected chi connectivity index (χ2v) is 5.32. The molecule has 3 atom stereocenters. The fourth-order valence-corrected chi connectivity index (χ4v) is 1.57. The average Bonchev–Trinajstić information content (AvgIpc) is 2.11. The molecule has 0 aromatic heterocycles. The Labute approximate surface area is 89.6 Å². The van der Waals surface area contributed by atoms with E-state index in [0.717, 1.165) is 0 Å². The van der Waals surface area contributed by atoms with Crippen molar-refractivity contribution in [3.63, 3.8) is 0 Å². The highest BCUT2D eigenvalue weighted by Gasteiger charge is 2.28. The van der Waals surface area contributed by atoms with Gasteiger partial charge in [0.05, 0.1) is 6.10 Å². The monoisotopic (exact) mass is 201 g/mol. The predicted octanol–water partition coefficient (Wildman–Crippen LogP) is 2.78. The minimum absolute atomic E-state index is 0.223. The minimum atomic E-state index is 0.223. The summed E-state index contributed by atoms with van der Waals surface area (Å²) in [5, 5.41) is 0. The first kappa shape index (κ1) is 13.9. The Morgan fingerprint density at radius 3 is 1.79 bits per heavy atom. The normalized spacial score (nSPS) is 19.5. The maximum Gasteiger partial charge on any atom is 0.0583 e. The van der Waals surface area contributed by atoms with Crippen LogP contribution in [-0.2, 0) is 4.74 Å². The molecule has 14 heavy (non-hydrogen) atoms. The molecule has 0 bridgehead atoms. The summed E-state index contributed by atoms with van der Waals surface area (Å²) < 4.78 is 5.37. The van der Waals surface area contributed by atoms with E-state index in [0.29, 0.717) is 18.1 Å². The Kier molecular flexibility index (Phi) is 5.10. The van der Waals surface area contributed by atoms with Gasteiger partial charge < -0.3 is 4.74 Å².